The average molecular weight is 303 g/mol. The second-order valence-corrected chi connectivity index (χ2v) is 6.34. The van der Waals surface area contributed by atoms with Crippen LogP contribution in [0, 0.1) is 0 Å². The SMILES string of the molecule is CCSc1cn(C(C)C(=O)N(C)C)nc1-c1ccccc1. The van der Waals surface area contributed by atoms with Crippen LogP contribution in [0.25, 0.3) is 11.3 Å². The standard InChI is InChI=1S/C16H21N3OS/c1-5-21-14-11-19(12(2)16(20)18(3)4)17-15(14)13-9-7-6-8-10-13/h6-12H,5H2,1-4H3. The van der Waals surface area contributed by atoms with Crippen LogP contribution in [0.1, 0.15) is 19.9 Å². The molecule has 0 radical (unpaired) electrons. The van der Waals surface area contributed by atoms with Crippen molar-refractivity contribution in [3.05, 3.63) is 36.5 Å². The maximum absolute atomic E-state index is 12.1. The number of amides is 1. The van der Waals surface area contributed by atoms with E-state index in [1.54, 1.807) is 35.4 Å². The van der Waals surface area contributed by atoms with E-state index >= 15 is 0 Å². The molecule has 0 aliphatic rings. The highest BCUT2D eigenvalue weighted by Crippen LogP contribution is 2.31. The molecule has 0 aliphatic heterocycles. The van der Waals surface area contributed by atoms with Crippen LogP contribution in [0.5, 0.6) is 0 Å². The Bertz CT molecular complexity index is 607. The van der Waals surface area contributed by atoms with Crippen molar-refractivity contribution in [2.75, 3.05) is 19.8 Å². The Kier molecular flexibility index (Phi) is 5.07. The number of carbonyl (C=O) groups is 1. The first-order valence-electron chi connectivity index (χ1n) is 7.03. The van der Waals surface area contributed by atoms with Crippen LogP contribution in [0.3, 0.4) is 0 Å². The van der Waals surface area contributed by atoms with Gasteiger partial charge >= 0.3 is 0 Å². The van der Waals surface area contributed by atoms with Gasteiger partial charge in [0, 0.05) is 25.9 Å². The minimum atomic E-state index is -0.298. The lowest BCUT2D eigenvalue weighted by Gasteiger charge is -2.16. The number of rotatable bonds is 5. The van der Waals surface area contributed by atoms with Gasteiger partial charge in [-0.2, -0.15) is 5.10 Å². The van der Waals surface area contributed by atoms with Crippen molar-refractivity contribution in [3.8, 4) is 11.3 Å². The molecular formula is C16H21N3OS. The first-order chi connectivity index (χ1) is 10.0. The van der Waals surface area contributed by atoms with Gasteiger partial charge in [0.25, 0.3) is 0 Å². The smallest absolute Gasteiger partial charge is 0.246 e. The third-order valence-corrected chi connectivity index (χ3v) is 4.14. The molecule has 1 heterocycles. The van der Waals surface area contributed by atoms with Crippen LogP contribution >= 0.6 is 11.8 Å². The van der Waals surface area contributed by atoms with E-state index in [9.17, 15) is 4.79 Å². The van der Waals surface area contributed by atoms with Crippen molar-refractivity contribution >= 4 is 17.7 Å². The van der Waals surface area contributed by atoms with Gasteiger partial charge in [0.05, 0.1) is 4.90 Å². The molecule has 0 fully saturated rings. The molecule has 21 heavy (non-hydrogen) atoms. The lowest BCUT2D eigenvalue weighted by molar-refractivity contribution is -0.131. The van der Waals surface area contributed by atoms with E-state index in [-0.39, 0.29) is 11.9 Å². The van der Waals surface area contributed by atoms with Crippen LogP contribution in [-0.2, 0) is 4.79 Å². The zero-order valence-electron chi connectivity index (χ0n) is 12.9. The highest BCUT2D eigenvalue weighted by Gasteiger charge is 2.20. The fourth-order valence-corrected chi connectivity index (χ4v) is 2.91. The topological polar surface area (TPSA) is 38.1 Å². The first kappa shape index (κ1) is 15.6. The van der Waals surface area contributed by atoms with Gasteiger partial charge in [-0.3, -0.25) is 9.48 Å². The second kappa shape index (κ2) is 6.80. The molecule has 0 saturated carbocycles. The van der Waals surface area contributed by atoms with Crippen molar-refractivity contribution < 1.29 is 4.79 Å². The number of hydrogen-bond donors (Lipinski definition) is 0. The summed E-state index contributed by atoms with van der Waals surface area (Å²) < 4.78 is 1.77. The summed E-state index contributed by atoms with van der Waals surface area (Å²) >= 11 is 1.75. The fourth-order valence-electron chi connectivity index (χ4n) is 2.12. The molecule has 0 aliphatic carbocycles. The van der Waals surface area contributed by atoms with Crippen molar-refractivity contribution in [2.45, 2.75) is 24.8 Å². The van der Waals surface area contributed by atoms with E-state index in [2.05, 4.69) is 12.0 Å². The summed E-state index contributed by atoms with van der Waals surface area (Å²) in [7, 11) is 3.53. The van der Waals surface area contributed by atoms with E-state index in [1.165, 1.54) is 0 Å². The Balaban J connectivity index is 2.40. The normalized spacial score (nSPS) is 12.2. The number of thioether (sulfide) groups is 1. The maximum Gasteiger partial charge on any atom is 0.246 e. The van der Waals surface area contributed by atoms with Crippen LogP contribution in [0.2, 0.25) is 0 Å². The number of hydrogen-bond acceptors (Lipinski definition) is 3. The molecule has 0 spiro atoms. The number of carbonyl (C=O) groups excluding carboxylic acids is 1. The predicted octanol–water partition coefficient (Wildman–Crippen LogP) is 3.31. The van der Waals surface area contributed by atoms with E-state index in [0.29, 0.717) is 0 Å². The number of likely N-dealkylation sites (N-methyl/N-ethyl adjacent to an activating group) is 1. The van der Waals surface area contributed by atoms with Crippen LogP contribution in [0.15, 0.2) is 41.4 Å². The first-order valence-corrected chi connectivity index (χ1v) is 8.01. The fraction of sp³-hybridized carbons (Fsp3) is 0.375. The van der Waals surface area contributed by atoms with Gasteiger partial charge in [-0.1, -0.05) is 37.3 Å². The lowest BCUT2D eigenvalue weighted by Crippen LogP contribution is -2.30. The zero-order chi connectivity index (χ0) is 15.4. The summed E-state index contributed by atoms with van der Waals surface area (Å²) in [6.45, 7) is 4.00. The van der Waals surface area contributed by atoms with Gasteiger partial charge in [-0.15, -0.1) is 11.8 Å². The van der Waals surface area contributed by atoms with E-state index < -0.39 is 0 Å². The highest BCUT2D eigenvalue weighted by atomic mass is 32.2. The summed E-state index contributed by atoms with van der Waals surface area (Å²) in [5, 5.41) is 4.65. The molecule has 112 valence electrons. The van der Waals surface area contributed by atoms with Gasteiger partial charge in [0.15, 0.2) is 0 Å². The van der Waals surface area contributed by atoms with E-state index in [4.69, 9.17) is 0 Å². The molecule has 1 aromatic carbocycles. The average Bonchev–Trinajstić information content (AvgIpc) is 2.91. The van der Waals surface area contributed by atoms with Crippen LogP contribution < -0.4 is 0 Å². The number of benzene rings is 1. The summed E-state index contributed by atoms with van der Waals surface area (Å²) in [4.78, 5) is 14.8. The predicted molar refractivity (Wildman–Crippen MR) is 87.5 cm³/mol. The molecule has 2 rings (SSSR count). The summed E-state index contributed by atoms with van der Waals surface area (Å²) in [6, 6.07) is 9.79. The zero-order valence-corrected chi connectivity index (χ0v) is 13.7. The van der Waals surface area contributed by atoms with Gasteiger partial charge in [-0.25, -0.2) is 0 Å². The molecule has 5 heteroatoms. The quantitative estimate of drug-likeness (QED) is 0.795. The third kappa shape index (κ3) is 3.47. The summed E-state index contributed by atoms with van der Waals surface area (Å²) in [5.74, 6) is 1.02. The van der Waals surface area contributed by atoms with Crippen molar-refractivity contribution in [1.29, 1.82) is 0 Å². The highest BCUT2D eigenvalue weighted by molar-refractivity contribution is 7.99. The Morgan fingerprint density at radius 1 is 1.33 bits per heavy atom. The summed E-state index contributed by atoms with van der Waals surface area (Å²) in [6.07, 6.45) is 1.97. The Morgan fingerprint density at radius 2 is 2.00 bits per heavy atom. The number of aromatic nitrogens is 2. The van der Waals surface area contributed by atoms with Gasteiger partial charge in [-0.05, 0) is 12.7 Å². The molecule has 1 atom stereocenters. The third-order valence-electron chi connectivity index (χ3n) is 3.24. The lowest BCUT2D eigenvalue weighted by atomic mass is 10.2. The molecule has 4 nitrogen and oxygen atoms in total. The largest absolute Gasteiger partial charge is 0.347 e. The molecular weight excluding hydrogens is 282 g/mol. The van der Waals surface area contributed by atoms with Gasteiger partial charge in [0.2, 0.25) is 5.91 Å². The van der Waals surface area contributed by atoms with Gasteiger partial charge in [0.1, 0.15) is 11.7 Å². The molecule has 1 unspecified atom stereocenters. The summed E-state index contributed by atoms with van der Waals surface area (Å²) in [5.41, 5.74) is 2.03. The van der Waals surface area contributed by atoms with E-state index in [1.807, 2.05) is 43.5 Å². The van der Waals surface area contributed by atoms with Gasteiger partial charge < -0.3 is 4.90 Å². The Hall–Kier alpha value is -1.75. The van der Waals surface area contributed by atoms with Crippen LogP contribution in [0.4, 0.5) is 0 Å². The molecule has 1 amide bonds. The molecule has 2 aromatic rings. The Labute approximate surface area is 130 Å². The van der Waals surface area contributed by atoms with E-state index in [0.717, 1.165) is 21.9 Å². The van der Waals surface area contributed by atoms with Crippen LogP contribution in [-0.4, -0.2) is 40.4 Å². The van der Waals surface area contributed by atoms with Crippen molar-refractivity contribution in [2.24, 2.45) is 0 Å². The maximum atomic E-state index is 12.1. The number of nitrogens with zero attached hydrogens (tertiary/aromatic N) is 3. The monoisotopic (exact) mass is 303 g/mol. The minimum absolute atomic E-state index is 0.0464. The molecule has 0 N–H and O–H groups in total. The van der Waals surface area contributed by atoms with Crippen molar-refractivity contribution in [1.82, 2.24) is 14.7 Å². The molecule has 1 aromatic heterocycles. The minimum Gasteiger partial charge on any atom is -0.347 e. The molecule has 0 bridgehead atoms. The molecule has 0 saturated heterocycles. The van der Waals surface area contributed by atoms with Crippen molar-refractivity contribution in [3.63, 3.8) is 0 Å². The Morgan fingerprint density at radius 3 is 2.57 bits per heavy atom. The second-order valence-electron chi connectivity index (χ2n) is 5.03.